The van der Waals surface area contributed by atoms with Crippen molar-refractivity contribution in [2.45, 2.75) is 26.4 Å². The average Bonchev–Trinajstić information content (AvgIpc) is 2.68. The van der Waals surface area contributed by atoms with Gasteiger partial charge in [0.15, 0.2) is 0 Å². The molecule has 0 fully saturated rings. The molecule has 0 aliphatic heterocycles. The van der Waals surface area contributed by atoms with Gasteiger partial charge in [0.2, 0.25) is 0 Å². The number of carbonyl (C=O) groups is 1. The van der Waals surface area contributed by atoms with E-state index in [1.807, 2.05) is 13.8 Å². The zero-order valence-electron chi connectivity index (χ0n) is 10.8. The minimum Gasteiger partial charge on any atom is -0.370 e. The van der Waals surface area contributed by atoms with E-state index in [1.54, 1.807) is 6.07 Å². The van der Waals surface area contributed by atoms with Crippen LogP contribution in [0.25, 0.3) is 0 Å². The van der Waals surface area contributed by atoms with E-state index >= 15 is 0 Å². The van der Waals surface area contributed by atoms with Gasteiger partial charge in [0.1, 0.15) is 6.61 Å². The first-order valence-corrected chi connectivity index (χ1v) is 6.67. The third-order valence-electron chi connectivity index (χ3n) is 2.36. The lowest BCUT2D eigenvalue weighted by atomic mass is 10.2. The smallest absolute Gasteiger partial charge is 0.370 e. The summed E-state index contributed by atoms with van der Waals surface area (Å²) in [6, 6.07) is 1.79. The van der Waals surface area contributed by atoms with Gasteiger partial charge in [-0.05, 0) is 25.0 Å². The Balaban J connectivity index is 2.31. The lowest BCUT2D eigenvalue weighted by Gasteiger charge is -2.07. The predicted octanol–water partition coefficient (Wildman–Crippen LogP) is 2.93. The van der Waals surface area contributed by atoms with E-state index in [0.29, 0.717) is 4.88 Å². The summed E-state index contributed by atoms with van der Waals surface area (Å²) in [6.07, 6.45) is -3.47. The zero-order valence-corrected chi connectivity index (χ0v) is 11.6. The van der Waals surface area contributed by atoms with Crippen LogP contribution < -0.4 is 5.32 Å². The second-order valence-electron chi connectivity index (χ2n) is 3.99. The summed E-state index contributed by atoms with van der Waals surface area (Å²) in [6.45, 7) is 2.55. The van der Waals surface area contributed by atoms with Gasteiger partial charge in [0.05, 0.1) is 11.5 Å². The van der Waals surface area contributed by atoms with Crippen molar-refractivity contribution in [3.8, 4) is 0 Å². The average molecular weight is 295 g/mol. The molecule has 1 N–H and O–H groups in total. The Kier molecular flexibility index (Phi) is 5.81. The second kappa shape index (κ2) is 6.91. The normalized spacial score (nSPS) is 11.6. The summed E-state index contributed by atoms with van der Waals surface area (Å²) in [5, 5.41) is 2.53. The molecule has 0 bridgehead atoms. The van der Waals surface area contributed by atoms with Crippen LogP contribution in [-0.2, 0) is 11.2 Å². The number of thiophene rings is 1. The van der Waals surface area contributed by atoms with E-state index in [4.69, 9.17) is 0 Å². The lowest BCUT2D eigenvalue weighted by molar-refractivity contribution is -0.173. The van der Waals surface area contributed by atoms with Gasteiger partial charge in [-0.15, -0.1) is 11.3 Å². The van der Waals surface area contributed by atoms with Crippen LogP contribution in [0.5, 0.6) is 0 Å². The molecular formula is C12H16F3NO2S. The van der Waals surface area contributed by atoms with E-state index in [1.165, 1.54) is 11.3 Å². The largest absolute Gasteiger partial charge is 0.411 e. The molecule has 1 aromatic heterocycles. The number of alkyl halides is 3. The molecule has 0 aliphatic carbocycles. The van der Waals surface area contributed by atoms with Crippen LogP contribution in [0.15, 0.2) is 6.07 Å². The summed E-state index contributed by atoms with van der Waals surface area (Å²) in [5.41, 5.74) is 1.06. The molecule has 108 valence electrons. The molecule has 0 unspecified atom stereocenters. The minimum atomic E-state index is -4.33. The summed E-state index contributed by atoms with van der Waals surface area (Å²) in [4.78, 5) is 13.4. The molecule has 0 saturated carbocycles. The number of aryl methyl sites for hydroxylation is 2. The van der Waals surface area contributed by atoms with Gasteiger partial charge in [0.25, 0.3) is 5.91 Å². The summed E-state index contributed by atoms with van der Waals surface area (Å²) in [7, 11) is 0. The number of hydrogen-bond donors (Lipinski definition) is 1. The lowest BCUT2D eigenvalue weighted by Crippen LogP contribution is -2.28. The fourth-order valence-electron chi connectivity index (χ4n) is 1.49. The van der Waals surface area contributed by atoms with Crippen LogP contribution in [0, 0.1) is 6.92 Å². The second-order valence-corrected chi connectivity index (χ2v) is 5.13. The highest BCUT2D eigenvalue weighted by molar-refractivity contribution is 7.14. The highest BCUT2D eigenvalue weighted by Gasteiger charge is 2.27. The van der Waals surface area contributed by atoms with E-state index < -0.39 is 12.8 Å². The molecule has 0 atom stereocenters. The number of hydrogen-bond acceptors (Lipinski definition) is 3. The van der Waals surface area contributed by atoms with Crippen molar-refractivity contribution in [3.63, 3.8) is 0 Å². The topological polar surface area (TPSA) is 38.3 Å². The summed E-state index contributed by atoms with van der Waals surface area (Å²) in [5.74, 6) is -0.275. The number of halogens is 3. The minimum absolute atomic E-state index is 0.0628. The Morgan fingerprint density at radius 2 is 2.16 bits per heavy atom. The van der Waals surface area contributed by atoms with Crippen molar-refractivity contribution in [2.24, 2.45) is 0 Å². The van der Waals surface area contributed by atoms with Gasteiger partial charge in [-0.3, -0.25) is 4.79 Å². The van der Waals surface area contributed by atoms with Crippen LogP contribution >= 0.6 is 11.3 Å². The van der Waals surface area contributed by atoms with Crippen LogP contribution in [0.3, 0.4) is 0 Å². The van der Waals surface area contributed by atoms with Gasteiger partial charge in [-0.1, -0.05) is 6.92 Å². The first-order valence-electron chi connectivity index (χ1n) is 5.85. The maximum absolute atomic E-state index is 11.8. The van der Waals surface area contributed by atoms with E-state index in [0.717, 1.165) is 16.9 Å². The summed E-state index contributed by atoms with van der Waals surface area (Å²) < 4.78 is 39.7. The third-order valence-corrected chi connectivity index (χ3v) is 3.74. The van der Waals surface area contributed by atoms with Crippen LogP contribution in [0.4, 0.5) is 13.2 Å². The van der Waals surface area contributed by atoms with Crippen LogP contribution in [0.2, 0.25) is 0 Å². The Hall–Kier alpha value is -1.08. The molecule has 0 saturated heterocycles. The van der Waals surface area contributed by atoms with E-state index in [2.05, 4.69) is 10.1 Å². The van der Waals surface area contributed by atoms with Gasteiger partial charge in [0, 0.05) is 11.4 Å². The van der Waals surface area contributed by atoms with E-state index in [9.17, 15) is 18.0 Å². The molecule has 7 heteroatoms. The number of nitrogens with one attached hydrogen (secondary N) is 1. The SMILES string of the molecule is CCc1sc(C(=O)NCCOCC(F)(F)F)cc1C. The molecule has 0 spiro atoms. The molecule has 19 heavy (non-hydrogen) atoms. The molecule has 1 aromatic rings. The van der Waals surface area contributed by atoms with Crippen molar-refractivity contribution in [1.82, 2.24) is 5.32 Å². The van der Waals surface area contributed by atoms with Gasteiger partial charge < -0.3 is 10.1 Å². The number of carbonyl (C=O) groups excluding carboxylic acids is 1. The molecule has 3 nitrogen and oxygen atoms in total. The quantitative estimate of drug-likeness (QED) is 0.820. The van der Waals surface area contributed by atoms with Crippen molar-refractivity contribution in [1.29, 1.82) is 0 Å². The maximum Gasteiger partial charge on any atom is 0.411 e. The monoisotopic (exact) mass is 295 g/mol. The molecule has 0 radical (unpaired) electrons. The first-order chi connectivity index (χ1) is 8.83. The van der Waals surface area contributed by atoms with Crippen LogP contribution in [0.1, 0.15) is 27.0 Å². The number of rotatable bonds is 6. The first kappa shape index (κ1) is 16.0. The van der Waals surface area contributed by atoms with E-state index in [-0.39, 0.29) is 19.1 Å². The third kappa shape index (κ3) is 5.61. The maximum atomic E-state index is 11.8. The molecule has 1 rings (SSSR count). The summed E-state index contributed by atoms with van der Waals surface area (Å²) >= 11 is 1.40. The Bertz CT molecular complexity index is 429. The molecular weight excluding hydrogens is 279 g/mol. The Morgan fingerprint density at radius 1 is 1.47 bits per heavy atom. The van der Waals surface area contributed by atoms with Gasteiger partial charge >= 0.3 is 6.18 Å². The molecule has 1 amide bonds. The van der Waals surface area contributed by atoms with Crippen molar-refractivity contribution in [2.75, 3.05) is 19.8 Å². The van der Waals surface area contributed by atoms with Crippen molar-refractivity contribution >= 4 is 17.2 Å². The van der Waals surface area contributed by atoms with Crippen molar-refractivity contribution in [3.05, 3.63) is 21.4 Å². The zero-order chi connectivity index (χ0) is 14.5. The standard InChI is InChI=1S/C12H16F3NO2S/c1-3-9-8(2)6-10(19-9)11(17)16-4-5-18-7-12(13,14)15/h6H,3-5,7H2,1-2H3,(H,16,17). The fraction of sp³-hybridized carbons (Fsp3) is 0.583. The molecule has 0 aromatic carbocycles. The molecule has 0 aliphatic rings. The predicted molar refractivity (Wildman–Crippen MR) is 67.6 cm³/mol. The number of ether oxygens (including phenoxy) is 1. The van der Waals surface area contributed by atoms with Crippen LogP contribution in [-0.4, -0.2) is 31.8 Å². The highest BCUT2D eigenvalue weighted by Crippen LogP contribution is 2.22. The Labute approximate surface area is 113 Å². The highest BCUT2D eigenvalue weighted by atomic mass is 32.1. The van der Waals surface area contributed by atoms with Gasteiger partial charge in [-0.25, -0.2) is 0 Å². The fourth-order valence-corrected chi connectivity index (χ4v) is 2.52. The Morgan fingerprint density at radius 3 is 2.68 bits per heavy atom. The van der Waals surface area contributed by atoms with Crippen molar-refractivity contribution < 1.29 is 22.7 Å². The number of amides is 1. The molecule has 1 heterocycles. The van der Waals surface area contributed by atoms with Gasteiger partial charge in [-0.2, -0.15) is 13.2 Å².